The molecule has 1 N–H and O–H groups in total. The molecule has 4 nitrogen and oxygen atoms in total. The number of rotatable bonds is 3. The van der Waals surface area contributed by atoms with Crippen LogP contribution in [0.2, 0.25) is 5.02 Å². The summed E-state index contributed by atoms with van der Waals surface area (Å²) in [5.74, 6) is -1.55. The summed E-state index contributed by atoms with van der Waals surface area (Å²) in [5.41, 5.74) is 1.20. The highest BCUT2D eigenvalue weighted by molar-refractivity contribution is 7.84. The summed E-state index contributed by atoms with van der Waals surface area (Å²) >= 11 is 7.14. The van der Waals surface area contributed by atoms with Gasteiger partial charge in [0, 0.05) is 27.2 Å². The number of carbonyl (C=O) groups excluding carboxylic acids is 2. The third-order valence-electron chi connectivity index (χ3n) is 3.26. The molecular weight excluding hydrogens is 330 g/mol. The maximum atomic E-state index is 12.6. The molecule has 1 aromatic carbocycles. The van der Waals surface area contributed by atoms with Crippen LogP contribution >= 0.6 is 22.9 Å². The van der Waals surface area contributed by atoms with Gasteiger partial charge in [0.25, 0.3) is 0 Å². The van der Waals surface area contributed by atoms with E-state index in [0.29, 0.717) is 26.0 Å². The molecule has 2 atom stereocenters. The van der Waals surface area contributed by atoms with E-state index in [1.165, 1.54) is 11.3 Å². The van der Waals surface area contributed by atoms with Gasteiger partial charge in [-0.05, 0) is 29.8 Å². The van der Waals surface area contributed by atoms with E-state index in [1.807, 2.05) is 0 Å². The van der Waals surface area contributed by atoms with Gasteiger partial charge in [0.05, 0.1) is 15.7 Å². The molecule has 1 aliphatic rings. The number of amides is 1. The highest BCUT2D eigenvalue weighted by atomic mass is 35.5. The number of ketones is 1. The third kappa shape index (κ3) is 2.54. The topological polar surface area (TPSA) is 63.2 Å². The van der Waals surface area contributed by atoms with Gasteiger partial charge < -0.3 is 5.32 Å². The van der Waals surface area contributed by atoms with Gasteiger partial charge in [0.2, 0.25) is 5.91 Å². The van der Waals surface area contributed by atoms with Gasteiger partial charge in [0.1, 0.15) is 5.92 Å². The number of benzene rings is 1. The molecule has 108 valence electrons. The predicted molar refractivity (Wildman–Crippen MR) is 83.8 cm³/mol. The summed E-state index contributed by atoms with van der Waals surface area (Å²) in [6.45, 7) is 0. The fraction of sp³-hybridized carbons (Fsp3) is 0.143. The van der Waals surface area contributed by atoms with Crippen molar-refractivity contribution < 1.29 is 13.8 Å². The predicted octanol–water partition coefficient (Wildman–Crippen LogP) is 3.06. The first kappa shape index (κ1) is 14.4. The SMILES string of the molecule is CS(=O)c1csc(C(=O)C2C(=O)Nc3ccc(Cl)cc32)c1. The molecule has 0 fully saturated rings. The minimum Gasteiger partial charge on any atom is -0.325 e. The lowest BCUT2D eigenvalue weighted by atomic mass is 9.95. The smallest absolute Gasteiger partial charge is 0.239 e. The van der Waals surface area contributed by atoms with Crippen LogP contribution in [-0.2, 0) is 15.6 Å². The normalized spacial score (nSPS) is 18.2. The van der Waals surface area contributed by atoms with Gasteiger partial charge in [-0.2, -0.15) is 0 Å². The van der Waals surface area contributed by atoms with Crippen molar-refractivity contribution in [3.8, 4) is 0 Å². The molecule has 0 radical (unpaired) electrons. The van der Waals surface area contributed by atoms with E-state index in [4.69, 9.17) is 11.6 Å². The van der Waals surface area contributed by atoms with E-state index < -0.39 is 16.7 Å². The average Bonchev–Trinajstić information content (AvgIpc) is 3.02. The van der Waals surface area contributed by atoms with E-state index >= 15 is 0 Å². The Morgan fingerprint density at radius 1 is 1.38 bits per heavy atom. The number of anilines is 1. The largest absolute Gasteiger partial charge is 0.325 e. The van der Waals surface area contributed by atoms with Crippen molar-refractivity contribution in [3.05, 3.63) is 45.1 Å². The molecule has 1 aliphatic heterocycles. The zero-order valence-electron chi connectivity index (χ0n) is 10.9. The first-order valence-corrected chi connectivity index (χ1v) is 8.85. The molecule has 3 rings (SSSR count). The number of hydrogen-bond acceptors (Lipinski definition) is 4. The van der Waals surface area contributed by atoms with E-state index in [2.05, 4.69) is 5.32 Å². The molecule has 0 bridgehead atoms. The van der Waals surface area contributed by atoms with Crippen molar-refractivity contribution in [3.63, 3.8) is 0 Å². The van der Waals surface area contributed by atoms with Crippen LogP contribution < -0.4 is 5.32 Å². The fourth-order valence-electron chi connectivity index (χ4n) is 2.23. The van der Waals surface area contributed by atoms with Crippen LogP contribution in [0, 0.1) is 0 Å². The highest BCUT2D eigenvalue weighted by Gasteiger charge is 2.37. The molecule has 7 heteroatoms. The van der Waals surface area contributed by atoms with Crippen LogP contribution in [0.25, 0.3) is 0 Å². The van der Waals surface area contributed by atoms with Crippen molar-refractivity contribution >= 4 is 51.1 Å². The van der Waals surface area contributed by atoms with Gasteiger partial charge in [-0.25, -0.2) is 0 Å². The molecule has 0 saturated heterocycles. The lowest BCUT2D eigenvalue weighted by Crippen LogP contribution is -2.20. The molecule has 21 heavy (non-hydrogen) atoms. The number of fused-ring (bicyclic) bond motifs is 1. The Morgan fingerprint density at radius 3 is 2.81 bits per heavy atom. The van der Waals surface area contributed by atoms with Gasteiger partial charge >= 0.3 is 0 Å². The number of thiophene rings is 1. The van der Waals surface area contributed by atoms with Gasteiger partial charge in [-0.3, -0.25) is 13.8 Å². The summed E-state index contributed by atoms with van der Waals surface area (Å²) in [6, 6.07) is 6.56. The highest BCUT2D eigenvalue weighted by Crippen LogP contribution is 2.37. The maximum Gasteiger partial charge on any atom is 0.239 e. The summed E-state index contributed by atoms with van der Waals surface area (Å²) in [4.78, 5) is 25.7. The quantitative estimate of drug-likeness (QED) is 0.690. The number of Topliss-reactive ketones (excluding diaryl/α,β-unsaturated/α-hetero) is 1. The molecule has 0 aliphatic carbocycles. The lowest BCUT2D eigenvalue weighted by molar-refractivity contribution is -0.116. The minimum atomic E-state index is -1.15. The summed E-state index contributed by atoms with van der Waals surface area (Å²) in [7, 11) is -1.15. The van der Waals surface area contributed by atoms with Gasteiger partial charge in [0.15, 0.2) is 5.78 Å². The molecule has 2 unspecified atom stereocenters. The van der Waals surface area contributed by atoms with Crippen molar-refractivity contribution in [1.82, 2.24) is 0 Å². The van der Waals surface area contributed by atoms with E-state index in [1.54, 1.807) is 35.9 Å². The van der Waals surface area contributed by atoms with Crippen molar-refractivity contribution in [2.45, 2.75) is 10.8 Å². The van der Waals surface area contributed by atoms with Crippen LogP contribution in [0.4, 0.5) is 5.69 Å². The molecule has 0 saturated carbocycles. The molecule has 2 aromatic rings. The molecule has 1 aromatic heterocycles. The average molecular weight is 340 g/mol. The second kappa shape index (κ2) is 5.36. The Hall–Kier alpha value is -1.50. The Balaban J connectivity index is 2.00. The second-order valence-corrected chi connectivity index (χ2v) is 7.35. The van der Waals surface area contributed by atoms with E-state index in [-0.39, 0.29) is 11.7 Å². The number of halogens is 1. The van der Waals surface area contributed by atoms with Gasteiger partial charge in [-0.1, -0.05) is 11.6 Å². The molecule has 2 heterocycles. The fourth-order valence-corrected chi connectivity index (χ4v) is 4.20. The van der Waals surface area contributed by atoms with Crippen LogP contribution in [0.3, 0.4) is 0 Å². The van der Waals surface area contributed by atoms with Gasteiger partial charge in [-0.15, -0.1) is 11.3 Å². The first-order valence-electron chi connectivity index (χ1n) is 6.04. The van der Waals surface area contributed by atoms with E-state index in [0.717, 1.165) is 0 Å². The summed E-state index contributed by atoms with van der Waals surface area (Å²) in [6.07, 6.45) is 1.55. The van der Waals surface area contributed by atoms with Crippen LogP contribution in [0.15, 0.2) is 34.5 Å². The van der Waals surface area contributed by atoms with E-state index in [9.17, 15) is 13.8 Å². The van der Waals surface area contributed by atoms with Crippen molar-refractivity contribution in [1.29, 1.82) is 0 Å². The molecule has 1 amide bonds. The zero-order valence-corrected chi connectivity index (χ0v) is 13.3. The monoisotopic (exact) mass is 339 g/mol. The Labute approximate surface area is 132 Å². The second-order valence-electron chi connectivity index (χ2n) is 4.62. The Bertz CT molecular complexity index is 784. The van der Waals surface area contributed by atoms with Crippen LogP contribution in [0.1, 0.15) is 21.2 Å². The summed E-state index contributed by atoms with van der Waals surface area (Å²) in [5, 5.41) is 4.83. The van der Waals surface area contributed by atoms with Crippen LogP contribution in [-0.4, -0.2) is 22.2 Å². The minimum absolute atomic E-state index is 0.296. The van der Waals surface area contributed by atoms with Crippen molar-refractivity contribution in [2.75, 3.05) is 11.6 Å². The number of hydrogen-bond donors (Lipinski definition) is 1. The first-order chi connectivity index (χ1) is 9.97. The summed E-state index contributed by atoms with van der Waals surface area (Å²) < 4.78 is 11.4. The molecule has 0 spiro atoms. The zero-order chi connectivity index (χ0) is 15.1. The van der Waals surface area contributed by atoms with Crippen molar-refractivity contribution in [2.24, 2.45) is 0 Å². The lowest BCUT2D eigenvalue weighted by Gasteiger charge is -2.06. The molecular formula is C14H10ClNO3S2. The van der Waals surface area contributed by atoms with Crippen LogP contribution in [0.5, 0.6) is 0 Å². The maximum absolute atomic E-state index is 12.6. The Morgan fingerprint density at radius 2 is 2.14 bits per heavy atom. The number of nitrogens with one attached hydrogen (secondary N) is 1. The third-order valence-corrected chi connectivity index (χ3v) is 5.49. The number of carbonyl (C=O) groups is 2. The standard InChI is InChI=1S/C14H10ClNO3S2/c1-21(19)8-5-11(20-6-8)13(17)12-9-4-7(15)2-3-10(9)16-14(12)18/h2-6,12H,1H3,(H,16,18). The Kier molecular flexibility index (Phi) is 3.69.